The number of ether oxygens (including phenoxy) is 1. The van der Waals surface area contributed by atoms with Gasteiger partial charge < -0.3 is 10.1 Å². The van der Waals surface area contributed by atoms with Crippen molar-refractivity contribution in [3.05, 3.63) is 34.4 Å². The molecule has 2 rings (SSSR count). The highest BCUT2D eigenvalue weighted by molar-refractivity contribution is 7.99. The van der Waals surface area contributed by atoms with Crippen molar-refractivity contribution in [1.82, 2.24) is 15.0 Å². The highest BCUT2D eigenvalue weighted by Crippen LogP contribution is 2.33. The minimum absolute atomic E-state index is 0.00637. The van der Waals surface area contributed by atoms with Gasteiger partial charge in [0.2, 0.25) is 11.1 Å². The van der Waals surface area contributed by atoms with Crippen molar-refractivity contribution < 1.29 is 9.66 Å². The summed E-state index contributed by atoms with van der Waals surface area (Å²) < 4.78 is 5.25. The average Bonchev–Trinajstić information content (AvgIpc) is 2.47. The van der Waals surface area contributed by atoms with E-state index < -0.39 is 4.92 Å². The topological polar surface area (TPSA) is 103 Å². The summed E-state index contributed by atoms with van der Waals surface area (Å²) in [6, 6.07) is 6.59. The molecule has 0 aliphatic heterocycles. The molecule has 0 fully saturated rings. The van der Waals surface area contributed by atoms with Crippen LogP contribution in [0.15, 0.2) is 34.3 Å². The minimum Gasteiger partial charge on any atom is -0.464 e. The first-order valence-corrected chi connectivity index (χ1v) is 6.93. The van der Waals surface area contributed by atoms with Crippen LogP contribution in [0.3, 0.4) is 0 Å². The van der Waals surface area contributed by atoms with Crippen LogP contribution in [0.1, 0.15) is 6.92 Å². The second-order valence-electron chi connectivity index (χ2n) is 3.73. The van der Waals surface area contributed by atoms with Gasteiger partial charge in [-0.05, 0) is 24.8 Å². The van der Waals surface area contributed by atoms with Crippen LogP contribution in [0, 0.1) is 10.1 Å². The summed E-state index contributed by atoms with van der Waals surface area (Å²) in [5.74, 6) is 0.342. The molecule has 8 nitrogen and oxygen atoms in total. The number of aromatic nitrogens is 3. The molecule has 0 amide bonds. The van der Waals surface area contributed by atoms with Gasteiger partial charge >= 0.3 is 6.01 Å². The summed E-state index contributed by atoms with van der Waals surface area (Å²) in [6.45, 7) is 2.24. The van der Waals surface area contributed by atoms with Crippen LogP contribution in [0.4, 0.5) is 11.6 Å². The molecule has 0 unspecified atom stereocenters. The maximum Gasteiger partial charge on any atom is 0.322 e. The minimum atomic E-state index is -0.439. The van der Waals surface area contributed by atoms with Gasteiger partial charge in [-0.15, -0.1) is 0 Å². The van der Waals surface area contributed by atoms with Crippen molar-refractivity contribution in [2.24, 2.45) is 0 Å². The number of para-hydroxylation sites is 1. The van der Waals surface area contributed by atoms with Gasteiger partial charge in [-0.3, -0.25) is 10.1 Å². The van der Waals surface area contributed by atoms with Crippen molar-refractivity contribution in [3.8, 4) is 6.01 Å². The third-order valence-electron chi connectivity index (χ3n) is 2.35. The van der Waals surface area contributed by atoms with Crippen LogP contribution < -0.4 is 10.1 Å². The van der Waals surface area contributed by atoms with E-state index in [0.29, 0.717) is 22.6 Å². The van der Waals surface area contributed by atoms with Crippen LogP contribution in [-0.4, -0.2) is 33.5 Å². The Morgan fingerprint density at radius 3 is 2.76 bits per heavy atom. The predicted molar refractivity (Wildman–Crippen MR) is 77.8 cm³/mol. The van der Waals surface area contributed by atoms with Crippen molar-refractivity contribution in [3.63, 3.8) is 0 Å². The van der Waals surface area contributed by atoms with Gasteiger partial charge in [0.25, 0.3) is 5.69 Å². The monoisotopic (exact) mass is 307 g/mol. The molecule has 0 bridgehead atoms. The summed E-state index contributed by atoms with van der Waals surface area (Å²) in [5.41, 5.74) is 0.00637. The van der Waals surface area contributed by atoms with Crippen LogP contribution in [0.2, 0.25) is 0 Å². The molecule has 21 heavy (non-hydrogen) atoms. The van der Waals surface area contributed by atoms with Gasteiger partial charge in [0.1, 0.15) is 0 Å². The predicted octanol–water partition coefficient (Wildman–Crippen LogP) is 2.37. The molecule has 1 heterocycles. The Morgan fingerprint density at radius 2 is 2.10 bits per heavy atom. The van der Waals surface area contributed by atoms with E-state index in [1.807, 2.05) is 6.92 Å². The molecule has 0 aliphatic carbocycles. The van der Waals surface area contributed by atoms with Gasteiger partial charge in [0, 0.05) is 13.1 Å². The molecular formula is C12H13N5O3S. The SMILES string of the molecule is CCOc1nc(NC)nc(Sc2ccccc2[N+](=O)[O-])n1. The van der Waals surface area contributed by atoms with Crippen LogP contribution in [0.5, 0.6) is 6.01 Å². The number of hydrogen-bond donors (Lipinski definition) is 1. The molecule has 1 aromatic carbocycles. The normalized spacial score (nSPS) is 10.2. The maximum atomic E-state index is 11.0. The number of nitrogens with one attached hydrogen (secondary N) is 1. The first-order chi connectivity index (χ1) is 10.1. The number of nitro benzene ring substituents is 1. The Kier molecular flexibility index (Phi) is 4.88. The third-order valence-corrected chi connectivity index (χ3v) is 3.28. The highest BCUT2D eigenvalue weighted by atomic mass is 32.2. The van der Waals surface area contributed by atoms with E-state index >= 15 is 0 Å². The van der Waals surface area contributed by atoms with E-state index in [2.05, 4.69) is 20.3 Å². The Labute approximate surface area is 125 Å². The van der Waals surface area contributed by atoms with E-state index in [1.165, 1.54) is 6.07 Å². The number of nitrogens with zero attached hydrogens (tertiary/aromatic N) is 4. The highest BCUT2D eigenvalue weighted by Gasteiger charge is 2.16. The molecule has 0 aliphatic rings. The van der Waals surface area contributed by atoms with Gasteiger partial charge in [-0.25, -0.2) is 0 Å². The second kappa shape index (κ2) is 6.84. The van der Waals surface area contributed by atoms with Gasteiger partial charge in [0.05, 0.1) is 16.4 Å². The molecule has 9 heteroatoms. The van der Waals surface area contributed by atoms with Gasteiger partial charge in [-0.1, -0.05) is 12.1 Å². The molecule has 2 aromatic rings. The summed E-state index contributed by atoms with van der Waals surface area (Å²) >= 11 is 1.09. The zero-order chi connectivity index (χ0) is 15.2. The first-order valence-electron chi connectivity index (χ1n) is 6.12. The number of nitro groups is 1. The molecule has 0 saturated heterocycles. The molecule has 0 atom stereocenters. The maximum absolute atomic E-state index is 11.0. The summed E-state index contributed by atoms with van der Waals surface area (Å²) in [6.07, 6.45) is 0. The Balaban J connectivity index is 2.35. The van der Waals surface area contributed by atoms with Crippen molar-refractivity contribution in [1.29, 1.82) is 0 Å². The molecule has 0 radical (unpaired) electrons. The summed E-state index contributed by atoms with van der Waals surface area (Å²) in [4.78, 5) is 23.3. The smallest absolute Gasteiger partial charge is 0.322 e. The third kappa shape index (κ3) is 3.78. The Hall–Kier alpha value is -2.42. The molecule has 110 valence electrons. The number of anilines is 1. The molecule has 0 saturated carbocycles. The van der Waals surface area contributed by atoms with Gasteiger partial charge in [0.15, 0.2) is 0 Å². The summed E-state index contributed by atoms with van der Waals surface area (Å²) in [7, 11) is 1.67. The fraction of sp³-hybridized carbons (Fsp3) is 0.250. The van der Waals surface area contributed by atoms with Crippen LogP contribution in [0.25, 0.3) is 0 Å². The zero-order valence-electron chi connectivity index (χ0n) is 11.4. The zero-order valence-corrected chi connectivity index (χ0v) is 12.3. The Bertz CT molecular complexity index is 653. The quantitative estimate of drug-likeness (QED) is 0.641. The number of benzene rings is 1. The van der Waals surface area contributed by atoms with Gasteiger partial charge in [-0.2, -0.15) is 15.0 Å². The fourth-order valence-electron chi connectivity index (χ4n) is 1.48. The molecular weight excluding hydrogens is 294 g/mol. The van der Waals surface area contributed by atoms with Crippen molar-refractivity contribution in [2.75, 3.05) is 19.0 Å². The Morgan fingerprint density at radius 1 is 1.33 bits per heavy atom. The number of hydrogen-bond acceptors (Lipinski definition) is 8. The lowest BCUT2D eigenvalue weighted by Gasteiger charge is -2.06. The molecule has 1 aromatic heterocycles. The fourth-order valence-corrected chi connectivity index (χ4v) is 2.33. The molecule has 0 spiro atoms. The van der Waals surface area contributed by atoms with E-state index in [-0.39, 0.29) is 11.7 Å². The second-order valence-corrected chi connectivity index (χ2v) is 4.74. The lowest BCUT2D eigenvalue weighted by molar-refractivity contribution is -0.387. The largest absolute Gasteiger partial charge is 0.464 e. The lowest BCUT2D eigenvalue weighted by Crippen LogP contribution is -2.04. The van der Waals surface area contributed by atoms with Crippen LogP contribution >= 0.6 is 11.8 Å². The standard InChI is InChI=1S/C12H13N5O3S/c1-3-20-11-14-10(13-2)15-12(16-11)21-9-7-5-4-6-8(9)17(18)19/h4-7H,3H2,1-2H3,(H,13,14,15,16). The van der Waals surface area contributed by atoms with E-state index in [1.54, 1.807) is 25.2 Å². The molecule has 1 N–H and O–H groups in total. The van der Waals surface area contributed by atoms with E-state index in [0.717, 1.165) is 11.8 Å². The first kappa shape index (κ1) is 15.0. The average molecular weight is 307 g/mol. The summed E-state index contributed by atoms with van der Waals surface area (Å²) in [5, 5.41) is 14.1. The van der Waals surface area contributed by atoms with E-state index in [9.17, 15) is 10.1 Å². The lowest BCUT2D eigenvalue weighted by atomic mass is 10.3. The van der Waals surface area contributed by atoms with Crippen molar-refractivity contribution in [2.45, 2.75) is 17.0 Å². The van der Waals surface area contributed by atoms with Crippen molar-refractivity contribution >= 4 is 23.4 Å². The number of rotatable bonds is 6. The van der Waals surface area contributed by atoms with Crippen LogP contribution in [-0.2, 0) is 0 Å². The van der Waals surface area contributed by atoms with E-state index in [4.69, 9.17) is 4.74 Å².